The number of halogens is 1. The van der Waals surface area contributed by atoms with Gasteiger partial charge in [0.2, 0.25) is 0 Å². The number of benzene rings is 1. The van der Waals surface area contributed by atoms with E-state index in [1.807, 2.05) is 0 Å². The average Bonchev–Trinajstić information content (AvgIpc) is 2.28. The predicted molar refractivity (Wildman–Crippen MR) is 73.7 cm³/mol. The van der Waals surface area contributed by atoms with Crippen LogP contribution in [0, 0.1) is 6.92 Å². The zero-order valence-corrected chi connectivity index (χ0v) is 11.7. The maximum Gasteiger partial charge on any atom is 0.0208 e. The number of rotatable bonds is 7. The lowest BCUT2D eigenvalue weighted by atomic mass is 10.1. The first-order chi connectivity index (χ1) is 7.74. The molecule has 0 saturated carbocycles. The molecule has 0 spiro atoms. The Labute approximate surface area is 107 Å². The molecule has 1 aromatic carbocycles. The van der Waals surface area contributed by atoms with Crippen LogP contribution in [-0.2, 0) is 6.54 Å². The van der Waals surface area contributed by atoms with Crippen LogP contribution in [0.1, 0.15) is 24.5 Å². The van der Waals surface area contributed by atoms with Crippen molar-refractivity contribution in [2.75, 3.05) is 19.6 Å². The Bertz CT molecular complexity index is 313. The molecular weight excluding hydrogens is 264 g/mol. The number of hydrogen-bond donors (Lipinski definition) is 2. The summed E-state index contributed by atoms with van der Waals surface area (Å²) >= 11 is 3.50. The van der Waals surface area contributed by atoms with Gasteiger partial charge in [-0.25, -0.2) is 0 Å². The van der Waals surface area contributed by atoms with Gasteiger partial charge in [0.05, 0.1) is 0 Å². The highest BCUT2D eigenvalue weighted by atomic mass is 79.9. The molecule has 0 bridgehead atoms. The highest BCUT2D eigenvalue weighted by Gasteiger charge is 1.98. The van der Waals surface area contributed by atoms with Gasteiger partial charge in [0.25, 0.3) is 0 Å². The molecule has 0 fully saturated rings. The van der Waals surface area contributed by atoms with Gasteiger partial charge in [0, 0.05) is 11.0 Å². The molecule has 0 saturated heterocycles. The zero-order valence-electron chi connectivity index (χ0n) is 10.1. The van der Waals surface area contributed by atoms with Gasteiger partial charge in [-0.1, -0.05) is 28.9 Å². The fourth-order valence-corrected chi connectivity index (χ4v) is 1.98. The first kappa shape index (κ1) is 13.7. The zero-order chi connectivity index (χ0) is 11.8. The summed E-state index contributed by atoms with van der Waals surface area (Å²) in [7, 11) is 0. The summed E-state index contributed by atoms with van der Waals surface area (Å²) in [6.07, 6.45) is 1.18. The third-order valence-corrected chi connectivity index (χ3v) is 3.08. The van der Waals surface area contributed by atoms with Gasteiger partial charge in [-0.3, -0.25) is 0 Å². The molecule has 2 N–H and O–H groups in total. The third-order valence-electron chi connectivity index (χ3n) is 2.58. The lowest BCUT2D eigenvalue weighted by Crippen LogP contribution is -2.21. The van der Waals surface area contributed by atoms with E-state index in [1.165, 1.54) is 17.5 Å². The summed E-state index contributed by atoms with van der Waals surface area (Å²) in [4.78, 5) is 0. The van der Waals surface area contributed by atoms with E-state index < -0.39 is 0 Å². The van der Waals surface area contributed by atoms with Crippen LogP contribution in [0.15, 0.2) is 22.7 Å². The monoisotopic (exact) mass is 284 g/mol. The normalized spacial score (nSPS) is 10.7. The van der Waals surface area contributed by atoms with Crippen LogP contribution in [0.5, 0.6) is 0 Å². The second-order valence-electron chi connectivity index (χ2n) is 3.95. The van der Waals surface area contributed by atoms with Crippen molar-refractivity contribution in [1.29, 1.82) is 0 Å². The second-order valence-corrected chi connectivity index (χ2v) is 4.87. The Kier molecular flexibility index (Phi) is 6.69. The topological polar surface area (TPSA) is 24.1 Å². The quantitative estimate of drug-likeness (QED) is 0.753. The summed E-state index contributed by atoms with van der Waals surface area (Å²) in [6.45, 7) is 8.47. The number of aryl methyl sites for hydroxylation is 1. The summed E-state index contributed by atoms with van der Waals surface area (Å²) in [5, 5.41) is 6.79. The second kappa shape index (κ2) is 7.82. The Hall–Kier alpha value is -0.380. The Morgan fingerprint density at radius 2 is 1.94 bits per heavy atom. The standard InChI is InChI=1S/C13H21BrN2/c1-3-15-7-4-8-16-10-12-9-13(14)6-5-11(12)2/h5-6,9,15-16H,3-4,7-8,10H2,1-2H3. The first-order valence-corrected chi connectivity index (χ1v) is 6.69. The summed E-state index contributed by atoms with van der Waals surface area (Å²) in [5.41, 5.74) is 2.72. The SMILES string of the molecule is CCNCCCNCc1cc(Br)ccc1C. The van der Waals surface area contributed by atoms with E-state index in [-0.39, 0.29) is 0 Å². The Morgan fingerprint density at radius 3 is 2.69 bits per heavy atom. The molecule has 1 rings (SSSR count). The molecule has 0 amide bonds. The maximum absolute atomic E-state index is 3.50. The minimum atomic E-state index is 0.956. The smallest absolute Gasteiger partial charge is 0.0208 e. The van der Waals surface area contributed by atoms with Gasteiger partial charge >= 0.3 is 0 Å². The van der Waals surface area contributed by atoms with Gasteiger partial charge in [0.1, 0.15) is 0 Å². The molecule has 0 radical (unpaired) electrons. The molecule has 0 heterocycles. The van der Waals surface area contributed by atoms with Gasteiger partial charge in [-0.2, -0.15) is 0 Å². The maximum atomic E-state index is 3.50. The summed E-state index contributed by atoms with van der Waals surface area (Å²) in [5.74, 6) is 0. The lowest BCUT2D eigenvalue weighted by molar-refractivity contribution is 0.605. The van der Waals surface area contributed by atoms with Crippen molar-refractivity contribution in [3.8, 4) is 0 Å². The van der Waals surface area contributed by atoms with E-state index in [2.05, 4.69) is 58.6 Å². The molecular formula is C13H21BrN2. The van der Waals surface area contributed by atoms with Crippen molar-refractivity contribution in [2.45, 2.75) is 26.8 Å². The minimum absolute atomic E-state index is 0.956. The molecule has 16 heavy (non-hydrogen) atoms. The van der Waals surface area contributed by atoms with Crippen molar-refractivity contribution in [3.05, 3.63) is 33.8 Å². The molecule has 0 atom stereocenters. The fraction of sp³-hybridized carbons (Fsp3) is 0.538. The molecule has 1 aromatic rings. The van der Waals surface area contributed by atoms with Crippen molar-refractivity contribution in [3.63, 3.8) is 0 Å². The highest BCUT2D eigenvalue weighted by Crippen LogP contribution is 2.15. The van der Waals surface area contributed by atoms with E-state index >= 15 is 0 Å². The van der Waals surface area contributed by atoms with Gasteiger partial charge in [-0.15, -0.1) is 0 Å². The van der Waals surface area contributed by atoms with Crippen molar-refractivity contribution in [1.82, 2.24) is 10.6 Å². The predicted octanol–water partition coefficient (Wildman–Crippen LogP) is 2.85. The van der Waals surface area contributed by atoms with Crippen molar-refractivity contribution >= 4 is 15.9 Å². The molecule has 2 nitrogen and oxygen atoms in total. The van der Waals surface area contributed by atoms with Gasteiger partial charge in [-0.05, 0) is 56.2 Å². The molecule has 0 aliphatic rings. The van der Waals surface area contributed by atoms with E-state index in [4.69, 9.17) is 0 Å². The van der Waals surface area contributed by atoms with E-state index in [1.54, 1.807) is 0 Å². The van der Waals surface area contributed by atoms with Crippen molar-refractivity contribution < 1.29 is 0 Å². The fourth-order valence-electron chi connectivity index (χ4n) is 1.57. The van der Waals surface area contributed by atoms with Crippen LogP contribution in [0.4, 0.5) is 0 Å². The molecule has 0 aliphatic carbocycles. The Balaban J connectivity index is 2.23. The molecule has 0 unspecified atom stereocenters. The first-order valence-electron chi connectivity index (χ1n) is 5.90. The largest absolute Gasteiger partial charge is 0.317 e. The highest BCUT2D eigenvalue weighted by molar-refractivity contribution is 9.10. The average molecular weight is 285 g/mol. The van der Waals surface area contributed by atoms with Crippen LogP contribution < -0.4 is 10.6 Å². The number of nitrogens with one attached hydrogen (secondary N) is 2. The minimum Gasteiger partial charge on any atom is -0.317 e. The summed E-state index contributed by atoms with van der Waals surface area (Å²) < 4.78 is 1.16. The van der Waals surface area contributed by atoms with Crippen LogP contribution in [0.2, 0.25) is 0 Å². The van der Waals surface area contributed by atoms with E-state index in [9.17, 15) is 0 Å². The van der Waals surface area contributed by atoms with Crippen LogP contribution >= 0.6 is 15.9 Å². The van der Waals surface area contributed by atoms with E-state index in [0.717, 1.165) is 30.7 Å². The Morgan fingerprint density at radius 1 is 1.19 bits per heavy atom. The van der Waals surface area contributed by atoms with Crippen LogP contribution in [0.25, 0.3) is 0 Å². The van der Waals surface area contributed by atoms with Crippen LogP contribution in [-0.4, -0.2) is 19.6 Å². The summed E-state index contributed by atoms with van der Waals surface area (Å²) in [6, 6.07) is 6.43. The lowest BCUT2D eigenvalue weighted by Gasteiger charge is -2.08. The van der Waals surface area contributed by atoms with Crippen molar-refractivity contribution in [2.24, 2.45) is 0 Å². The number of hydrogen-bond acceptors (Lipinski definition) is 2. The molecule has 0 aromatic heterocycles. The van der Waals surface area contributed by atoms with E-state index in [0.29, 0.717) is 0 Å². The molecule has 0 aliphatic heterocycles. The van der Waals surface area contributed by atoms with Gasteiger partial charge in [0.15, 0.2) is 0 Å². The molecule has 3 heteroatoms. The molecule has 90 valence electrons. The third kappa shape index (κ3) is 5.10. The van der Waals surface area contributed by atoms with Crippen LogP contribution in [0.3, 0.4) is 0 Å². The van der Waals surface area contributed by atoms with Gasteiger partial charge < -0.3 is 10.6 Å².